The molecule has 0 aliphatic heterocycles. The van der Waals surface area contributed by atoms with E-state index in [9.17, 15) is 9.59 Å². The number of hydrogen-bond acceptors (Lipinski definition) is 5. The van der Waals surface area contributed by atoms with Gasteiger partial charge in [0.2, 0.25) is 0 Å². The number of methoxy groups -OCH3 is 2. The Hall–Kier alpha value is -2.96. The van der Waals surface area contributed by atoms with E-state index in [1.807, 2.05) is 12.1 Å². The van der Waals surface area contributed by atoms with Crippen molar-refractivity contribution in [2.24, 2.45) is 0 Å². The standard InChI is InChI=1S/C19H24N2O5/c1-6-26-19(23)15-11(2)16(21-12(15)3)18(22)20-10-13-8-7-9-14(24-4)17(13)25-5/h7-9,21H,6,10H2,1-5H3,(H,20,22). The number of nitrogens with one attached hydrogen (secondary N) is 2. The van der Waals surface area contributed by atoms with Gasteiger partial charge in [-0.3, -0.25) is 4.79 Å². The van der Waals surface area contributed by atoms with Crippen molar-refractivity contribution in [3.63, 3.8) is 0 Å². The van der Waals surface area contributed by atoms with Gasteiger partial charge in [0, 0.05) is 17.8 Å². The topological polar surface area (TPSA) is 89.7 Å². The van der Waals surface area contributed by atoms with Gasteiger partial charge in [0.1, 0.15) is 5.69 Å². The summed E-state index contributed by atoms with van der Waals surface area (Å²) in [6, 6.07) is 5.46. The Bertz CT molecular complexity index is 811. The molecule has 2 N–H and O–H groups in total. The number of esters is 1. The van der Waals surface area contributed by atoms with Crippen LogP contribution in [-0.2, 0) is 11.3 Å². The highest BCUT2D eigenvalue weighted by molar-refractivity contribution is 6.00. The van der Waals surface area contributed by atoms with Crippen LogP contribution in [0.15, 0.2) is 18.2 Å². The zero-order valence-electron chi connectivity index (χ0n) is 15.7. The largest absolute Gasteiger partial charge is 0.493 e. The maximum absolute atomic E-state index is 12.6. The van der Waals surface area contributed by atoms with E-state index in [4.69, 9.17) is 14.2 Å². The molecule has 26 heavy (non-hydrogen) atoms. The van der Waals surface area contributed by atoms with Crippen LogP contribution in [0.2, 0.25) is 0 Å². The normalized spacial score (nSPS) is 10.3. The van der Waals surface area contributed by atoms with E-state index in [1.165, 1.54) is 0 Å². The number of benzene rings is 1. The number of rotatable bonds is 7. The van der Waals surface area contributed by atoms with Crippen molar-refractivity contribution in [1.29, 1.82) is 0 Å². The van der Waals surface area contributed by atoms with Gasteiger partial charge in [-0.05, 0) is 32.4 Å². The van der Waals surface area contributed by atoms with E-state index >= 15 is 0 Å². The van der Waals surface area contributed by atoms with Gasteiger partial charge in [-0.15, -0.1) is 0 Å². The molecule has 1 aromatic carbocycles. The Labute approximate surface area is 152 Å². The van der Waals surface area contributed by atoms with Crippen LogP contribution >= 0.6 is 0 Å². The molecule has 0 saturated carbocycles. The van der Waals surface area contributed by atoms with Crippen molar-refractivity contribution in [1.82, 2.24) is 10.3 Å². The Balaban J connectivity index is 2.19. The maximum atomic E-state index is 12.6. The van der Waals surface area contributed by atoms with Gasteiger partial charge in [-0.25, -0.2) is 4.79 Å². The number of aromatic nitrogens is 1. The lowest BCUT2D eigenvalue weighted by Crippen LogP contribution is -2.24. The van der Waals surface area contributed by atoms with Crippen molar-refractivity contribution in [2.75, 3.05) is 20.8 Å². The van der Waals surface area contributed by atoms with Crippen LogP contribution in [0.3, 0.4) is 0 Å². The number of para-hydroxylation sites is 1. The monoisotopic (exact) mass is 360 g/mol. The number of carbonyl (C=O) groups is 2. The number of aromatic amines is 1. The fourth-order valence-electron chi connectivity index (χ4n) is 2.84. The number of hydrogen-bond donors (Lipinski definition) is 2. The number of aryl methyl sites for hydroxylation is 1. The molecule has 0 spiro atoms. The van der Waals surface area contributed by atoms with Crippen LogP contribution in [0.4, 0.5) is 0 Å². The number of H-pyrrole nitrogens is 1. The Morgan fingerprint density at radius 1 is 1.15 bits per heavy atom. The van der Waals surface area contributed by atoms with Crippen LogP contribution in [-0.4, -0.2) is 37.7 Å². The first-order valence-electron chi connectivity index (χ1n) is 8.28. The summed E-state index contributed by atoms with van der Waals surface area (Å²) in [5, 5.41) is 2.84. The molecule has 0 saturated heterocycles. The highest BCUT2D eigenvalue weighted by Gasteiger charge is 2.23. The molecule has 140 valence electrons. The maximum Gasteiger partial charge on any atom is 0.340 e. The third kappa shape index (κ3) is 3.82. The summed E-state index contributed by atoms with van der Waals surface area (Å²) < 4.78 is 15.7. The van der Waals surface area contributed by atoms with Gasteiger partial charge >= 0.3 is 5.97 Å². The van der Waals surface area contributed by atoms with Crippen molar-refractivity contribution in [3.8, 4) is 11.5 Å². The van der Waals surface area contributed by atoms with E-state index in [0.29, 0.717) is 34.0 Å². The van der Waals surface area contributed by atoms with E-state index in [1.54, 1.807) is 41.1 Å². The molecule has 7 heteroatoms. The van der Waals surface area contributed by atoms with Crippen molar-refractivity contribution < 1.29 is 23.8 Å². The SMILES string of the molecule is CCOC(=O)c1c(C)[nH]c(C(=O)NCc2cccc(OC)c2OC)c1C. The smallest absolute Gasteiger partial charge is 0.340 e. The van der Waals surface area contributed by atoms with Crippen LogP contribution in [0.5, 0.6) is 11.5 Å². The molecule has 0 radical (unpaired) electrons. The minimum Gasteiger partial charge on any atom is -0.493 e. The third-order valence-electron chi connectivity index (χ3n) is 4.07. The summed E-state index contributed by atoms with van der Waals surface area (Å²) in [5.41, 5.74) is 2.69. The second-order valence-electron chi connectivity index (χ2n) is 5.68. The first kappa shape index (κ1) is 19.4. The molecular weight excluding hydrogens is 336 g/mol. The quantitative estimate of drug-likeness (QED) is 0.741. The zero-order chi connectivity index (χ0) is 19.3. The highest BCUT2D eigenvalue weighted by Crippen LogP contribution is 2.30. The fraction of sp³-hybridized carbons (Fsp3) is 0.368. The summed E-state index contributed by atoms with van der Waals surface area (Å²) in [6.45, 7) is 5.73. The molecule has 0 unspecified atom stereocenters. The summed E-state index contributed by atoms with van der Waals surface area (Å²) in [7, 11) is 3.11. The molecule has 0 bridgehead atoms. The molecule has 1 heterocycles. The summed E-state index contributed by atoms with van der Waals surface area (Å²) in [4.78, 5) is 27.6. The molecular formula is C19H24N2O5. The Kier molecular flexibility index (Phi) is 6.27. The lowest BCUT2D eigenvalue weighted by atomic mass is 10.1. The van der Waals surface area contributed by atoms with Gasteiger partial charge in [-0.1, -0.05) is 12.1 Å². The van der Waals surface area contributed by atoms with Gasteiger partial charge in [0.15, 0.2) is 11.5 Å². The van der Waals surface area contributed by atoms with Gasteiger partial charge in [0.05, 0.1) is 26.4 Å². The second kappa shape index (κ2) is 8.42. The lowest BCUT2D eigenvalue weighted by Gasteiger charge is -2.13. The zero-order valence-corrected chi connectivity index (χ0v) is 15.7. The predicted octanol–water partition coefficient (Wildman–Crippen LogP) is 2.76. The van der Waals surface area contributed by atoms with Crippen molar-refractivity contribution in [2.45, 2.75) is 27.3 Å². The average Bonchev–Trinajstić information content (AvgIpc) is 2.93. The van der Waals surface area contributed by atoms with Crippen LogP contribution in [0.1, 0.15) is 44.6 Å². The summed E-state index contributed by atoms with van der Waals surface area (Å²) in [6.07, 6.45) is 0. The molecule has 0 aliphatic rings. The summed E-state index contributed by atoms with van der Waals surface area (Å²) >= 11 is 0. The molecule has 2 aromatic rings. The Morgan fingerprint density at radius 2 is 1.88 bits per heavy atom. The van der Waals surface area contributed by atoms with Crippen molar-refractivity contribution >= 4 is 11.9 Å². The molecule has 1 aromatic heterocycles. The van der Waals surface area contributed by atoms with Gasteiger partial charge < -0.3 is 24.5 Å². The van der Waals surface area contributed by atoms with Gasteiger partial charge in [0.25, 0.3) is 5.91 Å². The average molecular weight is 360 g/mol. The lowest BCUT2D eigenvalue weighted by molar-refractivity contribution is 0.0525. The first-order chi connectivity index (χ1) is 12.4. The van der Waals surface area contributed by atoms with E-state index in [-0.39, 0.29) is 19.1 Å². The number of ether oxygens (including phenoxy) is 3. The molecule has 1 amide bonds. The molecule has 2 rings (SSSR count). The molecule has 7 nitrogen and oxygen atoms in total. The van der Waals surface area contributed by atoms with Crippen LogP contribution in [0.25, 0.3) is 0 Å². The van der Waals surface area contributed by atoms with E-state index in [2.05, 4.69) is 10.3 Å². The summed E-state index contributed by atoms with van der Waals surface area (Å²) in [5.74, 6) is 0.413. The number of carbonyl (C=O) groups excluding carboxylic acids is 2. The molecule has 0 aliphatic carbocycles. The second-order valence-corrected chi connectivity index (χ2v) is 5.68. The molecule has 0 atom stereocenters. The van der Waals surface area contributed by atoms with Gasteiger partial charge in [-0.2, -0.15) is 0 Å². The molecule has 0 fully saturated rings. The first-order valence-corrected chi connectivity index (χ1v) is 8.28. The Morgan fingerprint density at radius 3 is 2.50 bits per heavy atom. The van der Waals surface area contributed by atoms with Crippen molar-refractivity contribution in [3.05, 3.63) is 46.3 Å². The minimum absolute atomic E-state index is 0.255. The highest BCUT2D eigenvalue weighted by atomic mass is 16.5. The predicted molar refractivity (Wildman–Crippen MR) is 96.9 cm³/mol. The van der Waals surface area contributed by atoms with Crippen LogP contribution < -0.4 is 14.8 Å². The third-order valence-corrected chi connectivity index (χ3v) is 4.07. The van der Waals surface area contributed by atoms with Crippen LogP contribution in [0, 0.1) is 13.8 Å². The van der Waals surface area contributed by atoms with E-state index in [0.717, 1.165) is 5.56 Å². The minimum atomic E-state index is -0.438. The fourth-order valence-corrected chi connectivity index (χ4v) is 2.84. The van der Waals surface area contributed by atoms with E-state index < -0.39 is 5.97 Å². The number of amides is 1.